The lowest BCUT2D eigenvalue weighted by Gasteiger charge is -2.38. The van der Waals surface area contributed by atoms with Gasteiger partial charge in [-0.25, -0.2) is 4.79 Å². The number of nitrogens with one attached hydrogen (secondary N) is 1. The van der Waals surface area contributed by atoms with Gasteiger partial charge in [-0.3, -0.25) is 19.8 Å². The third-order valence-electron chi connectivity index (χ3n) is 3.64. The first-order valence-electron chi connectivity index (χ1n) is 6.78. The van der Waals surface area contributed by atoms with Crippen molar-refractivity contribution in [1.29, 1.82) is 0 Å². The summed E-state index contributed by atoms with van der Waals surface area (Å²) >= 11 is 0. The van der Waals surface area contributed by atoms with Gasteiger partial charge in [0, 0.05) is 19.8 Å². The third-order valence-corrected chi connectivity index (χ3v) is 3.64. The lowest BCUT2D eigenvalue weighted by atomic mass is 9.78. The highest BCUT2D eigenvalue weighted by molar-refractivity contribution is 6.19. The minimum Gasteiger partial charge on any atom is -0.382 e. The van der Waals surface area contributed by atoms with Gasteiger partial charge in [-0.05, 0) is 26.2 Å². The van der Waals surface area contributed by atoms with E-state index >= 15 is 0 Å². The number of amides is 4. The quantitative estimate of drug-likeness (QED) is 0.559. The summed E-state index contributed by atoms with van der Waals surface area (Å²) in [5.74, 6) is -0.865. The normalized spacial score (nSPS) is 18.7. The van der Waals surface area contributed by atoms with Crippen molar-refractivity contribution in [2.24, 2.45) is 5.41 Å². The molecule has 0 unspecified atom stereocenters. The summed E-state index contributed by atoms with van der Waals surface area (Å²) in [6.07, 6.45) is 1.36. The minimum absolute atomic E-state index is 0.277. The van der Waals surface area contributed by atoms with Crippen molar-refractivity contribution < 1.29 is 19.1 Å². The molecule has 108 valence electrons. The Hall–Kier alpha value is -1.43. The van der Waals surface area contributed by atoms with E-state index in [0.717, 1.165) is 4.90 Å². The van der Waals surface area contributed by atoms with E-state index in [1.807, 2.05) is 6.92 Å². The molecular weight excluding hydrogens is 248 g/mol. The third kappa shape index (κ3) is 2.94. The van der Waals surface area contributed by atoms with E-state index in [2.05, 4.69) is 5.32 Å². The summed E-state index contributed by atoms with van der Waals surface area (Å²) in [7, 11) is 0. The molecule has 1 rings (SSSR count). The van der Waals surface area contributed by atoms with E-state index in [4.69, 9.17) is 4.74 Å². The van der Waals surface area contributed by atoms with Crippen LogP contribution in [0.3, 0.4) is 0 Å². The molecule has 0 aromatic rings. The SMILES string of the molecule is CCOCCCN1C(=O)NC(=O)C(CC)(CC)C1=O. The van der Waals surface area contributed by atoms with Crippen LogP contribution in [0.4, 0.5) is 4.79 Å². The molecule has 1 fully saturated rings. The van der Waals surface area contributed by atoms with Gasteiger partial charge in [-0.2, -0.15) is 0 Å². The average molecular weight is 270 g/mol. The second kappa shape index (κ2) is 6.65. The summed E-state index contributed by atoms with van der Waals surface area (Å²) in [6.45, 7) is 6.83. The van der Waals surface area contributed by atoms with Crippen molar-refractivity contribution >= 4 is 17.8 Å². The molecule has 6 heteroatoms. The average Bonchev–Trinajstić information content (AvgIpc) is 2.39. The molecule has 19 heavy (non-hydrogen) atoms. The highest BCUT2D eigenvalue weighted by atomic mass is 16.5. The number of hydrogen-bond donors (Lipinski definition) is 1. The van der Waals surface area contributed by atoms with Crippen LogP contribution in [0.1, 0.15) is 40.0 Å². The van der Waals surface area contributed by atoms with Crippen LogP contribution < -0.4 is 5.32 Å². The van der Waals surface area contributed by atoms with Crippen molar-refractivity contribution in [3.63, 3.8) is 0 Å². The molecule has 1 N–H and O–H groups in total. The Morgan fingerprint density at radius 2 is 1.79 bits per heavy atom. The van der Waals surface area contributed by atoms with Crippen LogP contribution in [0.5, 0.6) is 0 Å². The molecule has 1 heterocycles. The molecule has 0 saturated carbocycles. The molecule has 0 aromatic heterocycles. The predicted molar refractivity (Wildman–Crippen MR) is 69.4 cm³/mol. The molecule has 0 radical (unpaired) electrons. The van der Waals surface area contributed by atoms with Crippen LogP contribution in [-0.4, -0.2) is 42.5 Å². The zero-order chi connectivity index (χ0) is 14.5. The first-order valence-corrected chi connectivity index (χ1v) is 6.78. The van der Waals surface area contributed by atoms with Crippen LogP contribution in [0.25, 0.3) is 0 Å². The van der Waals surface area contributed by atoms with Crippen molar-refractivity contribution in [3.05, 3.63) is 0 Å². The van der Waals surface area contributed by atoms with Crippen molar-refractivity contribution in [1.82, 2.24) is 10.2 Å². The van der Waals surface area contributed by atoms with Crippen LogP contribution in [0.2, 0.25) is 0 Å². The Bertz CT molecular complexity index is 364. The Labute approximate surface area is 113 Å². The van der Waals surface area contributed by atoms with Gasteiger partial charge in [0.25, 0.3) is 0 Å². The van der Waals surface area contributed by atoms with Crippen LogP contribution in [0, 0.1) is 5.41 Å². The van der Waals surface area contributed by atoms with Gasteiger partial charge < -0.3 is 4.74 Å². The molecular formula is C13H22N2O4. The highest BCUT2D eigenvalue weighted by Gasteiger charge is 2.51. The lowest BCUT2D eigenvalue weighted by molar-refractivity contribution is -0.152. The predicted octanol–water partition coefficient (Wildman–Crippen LogP) is 1.30. The summed E-state index contributed by atoms with van der Waals surface area (Å²) in [6, 6.07) is -0.621. The van der Waals surface area contributed by atoms with Gasteiger partial charge in [-0.1, -0.05) is 13.8 Å². The number of nitrogens with zero attached hydrogens (tertiary/aromatic N) is 1. The molecule has 0 aliphatic carbocycles. The number of hydrogen-bond acceptors (Lipinski definition) is 4. The van der Waals surface area contributed by atoms with Gasteiger partial charge in [0.05, 0.1) is 0 Å². The molecule has 0 bridgehead atoms. The second-order valence-corrected chi connectivity index (χ2v) is 4.56. The zero-order valence-electron chi connectivity index (χ0n) is 11.8. The van der Waals surface area contributed by atoms with Gasteiger partial charge in [0.1, 0.15) is 5.41 Å². The second-order valence-electron chi connectivity index (χ2n) is 4.56. The van der Waals surface area contributed by atoms with Crippen molar-refractivity contribution in [3.8, 4) is 0 Å². The largest absolute Gasteiger partial charge is 0.382 e. The van der Waals surface area contributed by atoms with Gasteiger partial charge in [0.2, 0.25) is 11.8 Å². The number of carbonyl (C=O) groups is 3. The molecule has 4 amide bonds. The fourth-order valence-corrected chi connectivity index (χ4v) is 2.28. The maximum Gasteiger partial charge on any atom is 0.330 e. The fourth-order valence-electron chi connectivity index (χ4n) is 2.28. The number of carbonyl (C=O) groups excluding carboxylic acids is 3. The summed E-state index contributed by atoms with van der Waals surface area (Å²) in [5, 5.41) is 2.28. The number of rotatable bonds is 7. The van der Waals surface area contributed by atoms with E-state index in [1.54, 1.807) is 13.8 Å². The maximum atomic E-state index is 12.4. The van der Waals surface area contributed by atoms with Gasteiger partial charge >= 0.3 is 6.03 Å². The number of imide groups is 2. The summed E-state index contributed by atoms with van der Waals surface area (Å²) in [4.78, 5) is 37.2. The molecule has 1 aliphatic rings. The first-order chi connectivity index (χ1) is 9.03. The van der Waals surface area contributed by atoms with Crippen LogP contribution >= 0.6 is 0 Å². The monoisotopic (exact) mass is 270 g/mol. The Balaban J connectivity index is 2.78. The molecule has 0 spiro atoms. The molecule has 0 aromatic carbocycles. The summed E-state index contributed by atoms with van der Waals surface area (Å²) in [5.41, 5.74) is -1.10. The topological polar surface area (TPSA) is 75.7 Å². The van der Waals surface area contributed by atoms with E-state index in [9.17, 15) is 14.4 Å². The number of ether oxygens (including phenoxy) is 1. The van der Waals surface area contributed by atoms with E-state index < -0.39 is 17.4 Å². The van der Waals surface area contributed by atoms with E-state index in [-0.39, 0.29) is 12.5 Å². The first kappa shape index (κ1) is 15.6. The van der Waals surface area contributed by atoms with Crippen molar-refractivity contribution in [2.75, 3.05) is 19.8 Å². The van der Waals surface area contributed by atoms with Gasteiger partial charge in [-0.15, -0.1) is 0 Å². The molecule has 6 nitrogen and oxygen atoms in total. The van der Waals surface area contributed by atoms with Crippen LogP contribution in [0.15, 0.2) is 0 Å². The highest BCUT2D eigenvalue weighted by Crippen LogP contribution is 2.32. The standard InChI is InChI=1S/C13H22N2O4/c1-4-13(5-2)10(16)14-12(18)15(11(13)17)8-7-9-19-6-3/h4-9H2,1-3H3,(H,14,16,18). The van der Waals surface area contributed by atoms with Crippen LogP contribution in [-0.2, 0) is 14.3 Å². The Morgan fingerprint density at radius 3 is 2.32 bits per heavy atom. The zero-order valence-corrected chi connectivity index (χ0v) is 11.8. The smallest absolute Gasteiger partial charge is 0.330 e. The molecule has 0 atom stereocenters. The lowest BCUT2D eigenvalue weighted by Crippen LogP contribution is -2.63. The maximum absolute atomic E-state index is 12.4. The number of urea groups is 1. The van der Waals surface area contributed by atoms with Gasteiger partial charge in [0.15, 0.2) is 0 Å². The summed E-state index contributed by atoms with van der Waals surface area (Å²) < 4.78 is 5.18. The Kier molecular flexibility index (Phi) is 5.47. The number of barbiturate groups is 1. The van der Waals surface area contributed by atoms with Crippen molar-refractivity contribution in [2.45, 2.75) is 40.0 Å². The Morgan fingerprint density at radius 1 is 1.16 bits per heavy atom. The fraction of sp³-hybridized carbons (Fsp3) is 0.769. The minimum atomic E-state index is -1.10. The van der Waals surface area contributed by atoms with E-state index in [1.165, 1.54) is 0 Å². The molecule has 1 saturated heterocycles. The van der Waals surface area contributed by atoms with E-state index in [0.29, 0.717) is 32.5 Å². The molecule has 1 aliphatic heterocycles.